The summed E-state index contributed by atoms with van der Waals surface area (Å²) in [7, 11) is 8.50. The number of urea groups is 1. The highest BCUT2D eigenvalue weighted by Gasteiger charge is 2.10. The molecule has 0 aliphatic carbocycles. The predicted octanol–water partition coefficient (Wildman–Crippen LogP) is 2.23. The van der Waals surface area contributed by atoms with Gasteiger partial charge in [-0.25, -0.2) is 4.79 Å². The molecular formula is C19H25N5O7. The maximum atomic E-state index is 11.8. The molecule has 2 aromatic rings. The molecule has 168 valence electrons. The Bertz CT molecular complexity index is 854. The smallest absolute Gasteiger partial charge is 0.323 e. The first-order valence-electron chi connectivity index (χ1n) is 8.72. The monoisotopic (exact) mass is 435 g/mol. The van der Waals surface area contributed by atoms with Gasteiger partial charge in [-0.3, -0.25) is 20.2 Å². The fraction of sp³-hybridized carbons (Fsp3) is 0.263. The molecule has 0 atom stereocenters. The van der Waals surface area contributed by atoms with Gasteiger partial charge >= 0.3 is 6.03 Å². The summed E-state index contributed by atoms with van der Waals surface area (Å²) in [5.41, 5.74) is 0.149. The van der Waals surface area contributed by atoms with E-state index in [1.807, 2.05) is 0 Å². The number of nitrogens with one attached hydrogen (secondary N) is 2. The van der Waals surface area contributed by atoms with Gasteiger partial charge in [0.15, 0.2) is 0 Å². The van der Waals surface area contributed by atoms with Crippen LogP contribution in [0.4, 0.5) is 27.5 Å². The highest BCUT2D eigenvalue weighted by atomic mass is 16.6. The molecule has 12 nitrogen and oxygen atoms in total. The van der Waals surface area contributed by atoms with Crippen molar-refractivity contribution in [3.8, 4) is 0 Å². The molecule has 2 N–H and O–H groups in total. The molecule has 0 aromatic heterocycles. The Balaban J connectivity index is 0.000000846. The van der Waals surface area contributed by atoms with Crippen molar-refractivity contribution in [1.29, 1.82) is 0 Å². The van der Waals surface area contributed by atoms with Gasteiger partial charge in [-0.1, -0.05) is 12.1 Å². The summed E-state index contributed by atoms with van der Waals surface area (Å²) in [5, 5.41) is 35.0. The first kappa shape index (κ1) is 26.9. The van der Waals surface area contributed by atoms with Crippen LogP contribution >= 0.6 is 0 Å². The summed E-state index contributed by atoms with van der Waals surface area (Å²) < 4.78 is 1.00. The molecule has 0 aliphatic rings. The van der Waals surface area contributed by atoms with E-state index in [9.17, 15) is 25.0 Å². The van der Waals surface area contributed by atoms with Crippen molar-refractivity contribution in [2.45, 2.75) is 6.92 Å². The number of rotatable bonds is 4. The zero-order valence-electron chi connectivity index (χ0n) is 17.8. The minimum Gasteiger partial charge on any atom is -0.550 e. The molecule has 0 radical (unpaired) electrons. The Kier molecular flexibility index (Phi) is 10.9. The average molecular weight is 435 g/mol. The average Bonchev–Trinajstić information content (AvgIpc) is 2.60. The number of hydrogen-bond donors (Lipinski definition) is 2. The zero-order chi connectivity index (χ0) is 24.2. The highest BCUT2D eigenvalue weighted by molar-refractivity contribution is 6.00. The number of amides is 2. The summed E-state index contributed by atoms with van der Waals surface area (Å²) in [6.45, 7) is 0.972. The van der Waals surface area contributed by atoms with Gasteiger partial charge in [0.25, 0.3) is 11.4 Å². The lowest BCUT2D eigenvalue weighted by Crippen LogP contribution is -2.27. The van der Waals surface area contributed by atoms with Gasteiger partial charge in [0.2, 0.25) is 0 Å². The van der Waals surface area contributed by atoms with Crippen LogP contribution in [0.25, 0.3) is 0 Å². The zero-order valence-corrected chi connectivity index (χ0v) is 17.8. The second-order valence-electron chi connectivity index (χ2n) is 7.37. The van der Waals surface area contributed by atoms with Crippen LogP contribution in [0.1, 0.15) is 6.92 Å². The number of hydrogen-bond acceptors (Lipinski definition) is 7. The quantitative estimate of drug-likeness (QED) is 0.421. The lowest BCUT2D eigenvalue weighted by atomic mass is 10.3. The molecule has 2 rings (SSSR count). The van der Waals surface area contributed by atoms with E-state index >= 15 is 0 Å². The van der Waals surface area contributed by atoms with Crippen molar-refractivity contribution in [2.75, 3.05) is 38.8 Å². The number of carbonyl (C=O) groups excluding carboxylic acids is 2. The molecule has 0 saturated carbocycles. The van der Waals surface area contributed by atoms with Gasteiger partial charge in [-0.15, -0.1) is 0 Å². The van der Waals surface area contributed by atoms with Gasteiger partial charge in [0.1, 0.15) is 0 Å². The van der Waals surface area contributed by atoms with E-state index in [4.69, 9.17) is 9.90 Å². The number of carboxylic acids is 1. The van der Waals surface area contributed by atoms with Gasteiger partial charge in [-0.2, -0.15) is 0 Å². The maximum Gasteiger partial charge on any atom is 0.323 e. The second kappa shape index (κ2) is 12.5. The molecule has 0 spiro atoms. The number of nitro groups is 2. The third-order valence-electron chi connectivity index (χ3n) is 2.63. The van der Waals surface area contributed by atoms with Crippen LogP contribution in [0.2, 0.25) is 0 Å². The normalized spacial score (nSPS) is 9.71. The van der Waals surface area contributed by atoms with Crippen LogP contribution in [0, 0.1) is 20.2 Å². The Hall–Kier alpha value is -4.06. The first-order chi connectivity index (χ1) is 14.2. The number of aliphatic carboxylic acids is 1. The van der Waals surface area contributed by atoms with Crippen molar-refractivity contribution >= 4 is 34.7 Å². The fourth-order valence-electron chi connectivity index (χ4n) is 1.69. The third-order valence-corrected chi connectivity index (χ3v) is 2.63. The van der Waals surface area contributed by atoms with E-state index in [1.165, 1.54) is 48.5 Å². The lowest BCUT2D eigenvalue weighted by Gasteiger charge is -2.14. The van der Waals surface area contributed by atoms with Crippen LogP contribution in [-0.4, -0.2) is 54.5 Å². The summed E-state index contributed by atoms with van der Waals surface area (Å²) in [6, 6.07) is 10.2. The molecular weight excluding hydrogens is 410 g/mol. The minimum atomic E-state index is -1.08. The van der Waals surface area contributed by atoms with Gasteiger partial charge in [0, 0.05) is 41.6 Å². The van der Waals surface area contributed by atoms with E-state index in [2.05, 4.69) is 38.8 Å². The number of non-ortho nitro benzene ring substituents is 2. The first-order valence-corrected chi connectivity index (χ1v) is 8.72. The molecule has 0 fully saturated rings. The number of carboxylic acid groups (broad SMARTS) is 1. The molecule has 0 heterocycles. The SMILES string of the molecule is CC(=O)[O-].C[N+](C)(C)C.O=C(Nc1cccc([N+](=O)[O-])c1)Nc1cccc([N+](=O)[O-])c1. The van der Waals surface area contributed by atoms with Crippen molar-refractivity contribution in [3.05, 3.63) is 68.8 Å². The minimum absolute atomic E-state index is 0.159. The highest BCUT2D eigenvalue weighted by Crippen LogP contribution is 2.19. The fourth-order valence-corrected chi connectivity index (χ4v) is 1.69. The van der Waals surface area contributed by atoms with Gasteiger partial charge in [0.05, 0.1) is 38.0 Å². The van der Waals surface area contributed by atoms with Crippen molar-refractivity contribution < 1.29 is 29.0 Å². The van der Waals surface area contributed by atoms with Gasteiger partial charge < -0.3 is 25.0 Å². The molecule has 0 unspecified atom stereocenters. The van der Waals surface area contributed by atoms with Crippen LogP contribution in [-0.2, 0) is 4.79 Å². The Morgan fingerprint density at radius 1 is 0.806 bits per heavy atom. The number of carbonyl (C=O) groups is 2. The lowest BCUT2D eigenvalue weighted by molar-refractivity contribution is -0.849. The topological polar surface area (TPSA) is 168 Å². The van der Waals surface area contributed by atoms with Crippen LogP contribution in [0.15, 0.2) is 48.5 Å². The summed E-state index contributed by atoms with van der Waals surface area (Å²) in [5.74, 6) is -1.08. The summed E-state index contributed by atoms with van der Waals surface area (Å²) in [4.78, 5) is 40.8. The van der Waals surface area contributed by atoms with Crippen LogP contribution in [0.3, 0.4) is 0 Å². The third kappa shape index (κ3) is 14.6. The maximum absolute atomic E-state index is 11.8. The molecule has 0 bridgehead atoms. The Morgan fingerprint density at radius 2 is 1.10 bits per heavy atom. The standard InChI is InChI=1S/C13H10N4O5.C4H12N.C2H4O2/c18-13(14-9-3-1-5-11(7-9)16(19)20)15-10-4-2-6-12(8-10)17(21)22;1-5(2,3)4;1-2(3)4/h1-8H,(H2,14,15,18);1-4H3;1H3,(H,3,4)/q;+1;/p-1. The summed E-state index contributed by atoms with van der Waals surface area (Å²) >= 11 is 0. The number of benzene rings is 2. The predicted molar refractivity (Wildman–Crippen MR) is 113 cm³/mol. The molecule has 0 aliphatic heterocycles. The van der Waals surface area contributed by atoms with E-state index in [1.54, 1.807) is 0 Å². The van der Waals surface area contributed by atoms with E-state index in [-0.39, 0.29) is 22.7 Å². The number of nitrogens with zero attached hydrogens (tertiary/aromatic N) is 3. The van der Waals surface area contributed by atoms with Crippen LogP contribution < -0.4 is 15.7 Å². The Morgan fingerprint density at radius 3 is 1.35 bits per heavy atom. The molecule has 2 aromatic carbocycles. The van der Waals surface area contributed by atoms with Crippen molar-refractivity contribution in [1.82, 2.24) is 0 Å². The molecule has 31 heavy (non-hydrogen) atoms. The van der Waals surface area contributed by atoms with E-state index < -0.39 is 21.8 Å². The largest absolute Gasteiger partial charge is 0.550 e. The van der Waals surface area contributed by atoms with Crippen molar-refractivity contribution in [2.24, 2.45) is 0 Å². The second-order valence-corrected chi connectivity index (χ2v) is 7.37. The van der Waals surface area contributed by atoms with Crippen LogP contribution in [0.5, 0.6) is 0 Å². The molecule has 2 amide bonds. The molecule has 0 saturated heterocycles. The van der Waals surface area contributed by atoms with E-state index in [0.717, 1.165) is 11.4 Å². The Labute approximate surface area is 179 Å². The summed E-state index contributed by atoms with van der Waals surface area (Å²) in [6.07, 6.45) is 0. The van der Waals surface area contributed by atoms with E-state index in [0.29, 0.717) is 0 Å². The van der Waals surface area contributed by atoms with Gasteiger partial charge in [-0.05, 0) is 19.1 Å². The number of quaternary nitrogens is 1. The number of nitro benzene ring substituents is 2. The molecule has 12 heteroatoms. The van der Waals surface area contributed by atoms with Crippen molar-refractivity contribution in [3.63, 3.8) is 0 Å². The number of anilines is 2.